The summed E-state index contributed by atoms with van der Waals surface area (Å²) in [5.74, 6) is 2.92. The van der Waals surface area contributed by atoms with Gasteiger partial charge in [0.25, 0.3) is 5.91 Å². The highest BCUT2D eigenvalue weighted by atomic mass is 16.5. The van der Waals surface area contributed by atoms with E-state index in [0.717, 1.165) is 48.3 Å². The largest absolute Gasteiger partial charge is 0.497 e. The van der Waals surface area contributed by atoms with E-state index in [1.807, 2.05) is 23.1 Å². The predicted octanol–water partition coefficient (Wildman–Crippen LogP) is 4.49. The van der Waals surface area contributed by atoms with Crippen molar-refractivity contribution in [1.29, 1.82) is 0 Å². The number of amides is 1. The normalized spacial score (nSPS) is 27.5. The molecule has 1 amide bonds. The zero-order valence-corrected chi connectivity index (χ0v) is 18.2. The molecule has 0 radical (unpaired) electrons. The van der Waals surface area contributed by atoms with Gasteiger partial charge in [-0.2, -0.15) is 0 Å². The second kappa shape index (κ2) is 8.95. The summed E-state index contributed by atoms with van der Waals surface area (Å²) in [7, 11) is 1.65. The van der Waals surface area contributed by atoms with Crippen LogP contribution < -0.4 is 14.4 Å². The first-order valence-electron chi connectivity index (χ1n) is 11.5. The van der Waals surface area contributed by atoms with Crippen LogP contribution in [0.5, 0.6) is 11.5 Å². The van der Waals surface area contributed by atoms with Gasteiger partial charge in [-0.15, -0.1) is 0 Å². The smallest absolute Gasteiger partial charge is 0.265 e. The van der Waals surface area contributed by atoms with Crippen molar-refractivity contribution in [3.63, 3.8) is 0 Å². The Morgan fingerprint density at radius 3 is 2.66 bits per heavy atom. The number of carbonyl (C=O) groups is 1. The molecule has 1 aromatic carbocycles. The molecule has 0 aromatic heterocycles. The fourth-order valence-corrected chi connectivity index (χ4v) is 5.65. The van der Waals surface area contributed by atoms with Gasteiger partial charge in [-0.1, -0.05) is 33.1 Å². The van der Waals surface area contributed by atoms with Crippen LogP contribution >= 0.6 is 0 Å². The van der Waals surface area contributed by atoms with Crippen LogP contribution in [0.1, 0.15) is 58.8 Å². The standard InChI is InChI=1S/C24H36N2O3/c1-4-5-6-18-11-19-7-8-20(12-18)25(19)14-17(2)15-26-22-13-21(28-3)9-10-23(22)29-16-24(26)27/h9-10,13,17-20H,4-8,11-12,14-16H2,1-3H3/t17?,18?,19-,20?/m1/s1. The van der Waals surface area contributed by atoms with Gasteiger partial charge in [0, 0.05) is 31.2 Å². The number of unbranched alkanes of at least 4 members (excludes halogenated alkanes) is 1. The van der Waals surface area contributed by atoms with Gasteiger partial charge < -0.3 is 14.4 Å². The number of nitrogens with zero attached hydrogens (tertiary/aromatic N) is 2. The molecule has 2 saturated heterocycles. The predicted molar refractivity (Wildman–Crippen MR) is 116 cm³/mol. The Balaban J connectivity index is 1.39. The van der Waals surface area contributed by atoms with E-state index in [0.29, 0.717) is 5.92 Å². The van der Waals surface area contributed by atoms with Crippen LogP contribution in [-0.4, -0.2) is 49.7 Å². The number of methoxy groups -OCH3 is 1. The van der Waals surface area contributed by atoms with Gasteiger partial charge >= 0.3 is 0 Å². The summed E-state index contributed by atoms with van der Waals surface area (Å²) in [6.45, 7) is 6.52. The SMILES string of the molecule is CCCCC1CC2CC[C@H](C1)N2CC(C)CN1C(=O)COc2ccc(OC)cc21. The van der Waals surface area contributed by atoms with Crippen molar-refractivity contribution in [2.24, 2.45) is 11.8 Å². The quantitative estimate of drug-likeness (QED) is 0.645. The molecule has 3 aliphatic heterocycles. The van der Waals surface area contributed by atoms with E-state index < -0.39 is 0 Å². The maximum Gasteiger partial charge on any atom is 0.265 e. The molecular formula is C24H36N2O3. The first kappa shape index (κ1) is 20.5. The minimum absolute atomic E-state index is 0.0406. The molecule has 3 unspecified atom stereocenters. The Morgan fingerprint density at radius 2 is 1.97 bits per heavy atom. The van der Waals surface area contributed by atoms with E-state index in [2.05, 4.69) is 18.7 Å². The Hall–Kier alpha value is -1.75. The van der Waals surface area contributed by atoms with Crippen LogP contribution in [0.3, 0.4) is 0 Å². The van der Waals surface area contributed by atoms with E-state index in [-0.39, 0.29) is 12.5 Å². The minimum atomic E-state index is 0.0406. The second-order valence-electron chi connectivity index (χ2n) is 9.29. The maximum absolute atomic E-state index is 12.6. The van der Waals surface area contributed by atoms with E-state index in [4.69, 9.17) is 9.47 Å². The molecule has 2 bridgehead atoms. The lowest BCUT2D eigenvalue weighted by Crippen LogP contribution is -2.48. The third-order valence-corrected chi connectivity index (χ3v) is 7.07. The van der Waals surface area contributed by atoms with Crippen molar-refractivity contribution < 1.29 is 14.3 Å². The van der Waals surface area contributed by atoms with E-state index in [1.165, 1.54) is 44.9 Å². The first-order chi connectivity index (χ1) is 14.1. The van der Waals surface area contributed by atoms with Crippen LogP contribution in [0.25, 0.3) is 0 Å². The number of ether oxygens (including phenoxy) is 2. The lowest BCUT2D eigenvalue weighted by molar-refractivity contribution is -0.121. The van der Waals surface area contributed by atoms with Gasteiger partial charge in [-0.3, -0.25) is 9.69 Å². The Kier molecular flexibility index (Phi) is 6.33. The van der Waals surface area contributed by atoms with Gasteiger partial charge in [-0.25, -0.2) is 0 Å². The molecule has 29 heavy (non-hydrogen) atoms. The van der Waals surface area contributed by atoms with Crippen molar-refractivity contribution in [3.05, 3.63) is 18.2 Å². The molecule has 5 nitrogen and oxygen atoms in total. The van der Waals surface area contributed by atoms with Crippen LogP contribution in [0, 0.1) is 11.8 Å². The van der Waals surface area contributed by atoms with Crippen molar-refractivity contribution in [2.45, 2.75) is 70.9 Å². The molecule has 1 aromatic rings. The maximum atomic E-state index is 12.6. The number of carbonyl (C=O) groups excluding carboxylic acids is 1. The molecule has 4 atom stereocenters. The Bertz CT molecular complexity index is 708. The molecule has 0 aliphatic carbocycles. The highest BCUT2D eigenvalue weighted by Gasteiger charge is 2.41. The third kappa shape index (κ3) is 4.40. The summed E-state index contributed by atoms with van der Waals surface area (Å²) in [5.41, 5.74) is 0.841. The van der Waals surface area contributed by atoms with Crippen molar-refractivity contribution >= 4 is 11.6 Å². The monoisotopic (exact) mass is 400 g/mol. The van der Waals surface area contributed by atoms with Crippen LogP contribution in [0.4, 0.5) is 5.69 Å². The third-order valence-electron chi connectivity index (χ3n) is 7.07. The average molecular weight is 401 g/mol. The molecular weight excluding hydrogens is 364 g/mol. The molecule has 3 aliphatic rings. The first-order valence-corrected chi connectivity index (χ1v) is 11.5. The molecule has 2 fully saturated rings. The Labute approximate surface area is 175 Å². The molecule has 5 heteroatoms. The number of anilines is 1. The van der Waals surface area contributed by atoms with E-state index in [9.17, 15) is 4.79 Å². The zero-order chi connectivity index (χ0) is 20.4. The molecule has 4 rings (SSSR count). The van der Waals surface area contributed by atoms with Crippen molar-refractivity contribution in [1.82, 2.24) is 4.90 Å². The van der Waals surface area contributed by atoms with Crippen LogP contribution in [0.2, 0.25) is 0 Å². The summed E-state index contributed by atoms with van der Waals surface area (Å²) in [6, 6.07) is 7.22. The van der Waals surface area contributed by atoms with Gasteiger partial charge in [0.05, 0.1) is 12.8 Å². The second-order valence-corrected chi connectivity index (χ2v) is 9.29. The fourth-order valence-electron chi connectivity index (χ4n) is 5.65. The molecule has 0 saturated carbocycles. The van der Waals surface area contributed by atoms with Crippen molar-refractivity contribution in [2.75, 3.05) is 31.7 Å². The van der Waals surface area contributed by atoms with Gasteiger partial charge in [0.15, 0.2) is 6.61 Å². The molecule has 0 spiro atoms. The highest BCUT2D eigenvalue weighted by Crippen LogP contribution is 2.41. The van der Waals surface area contributed by atoms with Crippen LogP contribution in [-0.2, 0) is 4.79 Å². The number of piperidine rings is 1. The topological polar surface area (TPSA) is 42.0 Å². The fraction of sp³-hybridized carbons (Fsp3) is 0.708. The summed E-state index contributed by atoms with van der Waals surface area (Å²) in [4.78, 5) is 17.3. The zero-order valence-electron chi connectivity index (χ0n) is 18.2. The number of hydrogen-bond acceptors (Lipinski definition) is 4. The summed E-state index contributed by atoms with van der Waals surface area (Å²) in [5, 5.41) is 0. The molecule has 160 valence electrons. The lowest BCUT2D eigenvalue weighted by Gasteiger charge is -2.41. The van der Waals surface area contributed by atoms with Gasteiger partial charge in [-0.05, 0) is 49.7 Å². The summed E-state index contributed by atoms with van der Waals surface area (Å²) in [6.07, 6.45) is 9.56. The molecule has 3 heterocycles. The Morgan fingerprint density at radius 1 is 1.21 bits per heavy atom. The van der Waals surface area contributed by atoms with Crippen molar-refractivity contribution in [3.8, 4) is 11.5 Å². The van der Waals surface area contributed by atoms with E-state index in [1.54, 1.807) is 7.11 Å². The number of rotatable bonds is 8. The number of benzene rings is 1. The van der Waals surface area contributed by atoms with Gasteiger partial charge in [0.1, 0.15) is 11.5 Å². The number of fused-ring (bicyclic) bond motifs is 3. The minimum Gasteiger partial charge on any atom is -0.497 e. The summed E-state index contributed by atoms with van der Waals surface area (Å²) < 4.78 is 11.0. The highest BCUT2D eigenvalue weighted by molar-refractivity contribution is 5.98. The van der Waals surface area contributed by atoms with Crippen LogP contribution in [0.15, 0.2) is 18.2 Å². The molecule has 0 N–H and O–H groups in total. The summed E-state index contributed by atoms with van der Waals surface area (Å²) >= 11 is 0. The lowest BCUT2D eigenvalue weighted by atomic mass is 9.86. The number of hydrogen-bond donors (Lipinski definition) is 0. The average Bonchev–Trinajstić information content (AvgIpc) is 2.95. The van der Waals surface area contributed by atoms with Gasteiger partial charge in [0.2, 0.25) is 0 Å². The van der Waals surface area contributed by atoms with E-state index >= 15 is 0 Å².